The van der Waals surface area contributed by atoms with E-state index in [1.165, 1.54) is 5.56 Å². The Balaban J connectivity index is 2.29. The van der Waals surface area contributed by atoms with Gasteiger partial charge in [0.25, 0.3) is 0 Å². The molecule has 3 heteroatoms. The van der Waals surface area contributed by atoms with Crippen LogP contribution in [0.2, 0.25) is 0 Å². The van der Waals surface area contributed by atoms with Gasteiger partial charge in [-0.1, -0.05) is 36.8 Å². The molecule has 3 rings (SSSR count). The molecule has 1 heterocycles. The van der Waals surface area contributed by atoms with Crippen molar-refractivity contribution in [1.29, 1.82) is 0 Å². The minimum atomic E-state index is -0.920. The molecule has 0 aliphatic carbocycles. The Morgan fingerprint density at radius 2 is 1.87 bits per heavy atom. The van der Waals surface area contributed by atoms with Crippen LogP contribution < -0.4 is 0 Å². The first-order chi connectivity index (χ1) is 11.0. The van der Waals surface area contributed by atoms with Gasteiger partial charge in [0.2, 0.25) is 0 Å². The highest BCUT2D eigenvalue weighted by Crippen LogP contribution is 2.28. The van der Waals surface area contributed by atoms with Crippen LogP contribution in [0.15, 0.2) is 42.5 Å². The van der Waals surface area contributed by atoms with Crippen molar-refractivity contribution in [3.05, 3.63) is 64.7 Å². The maximum Gasteiger partial charge on any atom is 0.336 e. The Morgan fingerprint density at radius 1 is 1.09 bits per heavy atom. The monoisotopic (exact) mass is 305 g/mol. The third-order valence-corrected chi connectivity index (χ3v) is 4.17. The summed E-state index contributed by atoms with van der Waals surface area (Å²) in [5.74, 6) is -0.920. The number of aromatic carboxylic acids is 1. The zero-order chi connectivity index (χ0) is 16.6. The lowest BCUT2D eigenvalue weighted by Gasteiger charge is -2.11. The summed E-state index contributed by atoms with van der Waals surface area (Å²) in [6.07, 6.45) is 0.869. The second kappa shape index (κ2) is 5.84. The number of fused-ring (bicyclic) bond motifs is 1. The second-order valence-electron chi connectivity index (χ2n) is 5.88. The molecule has 0 spiro atoms. The van der Waals surface area contributed by atoms with E-state index in [1.807, 2.05) is 44.2 Å². The molecule has 1 aromatic heterocycles. The number of benzene rings is 2. The Labute approximate surface area is 135 Å². The second-order valence-corrected chi connectivity index (χ2v) is 5.88. The summed E-state index contributed by atoms with van der Waals surface area (Å²) in [5, 5.41) is 10.3. The van der Waals surface area contributed by atoms with Gasteiger partial charge in [0.1, 0.15) is 0 Å². The molecule has 0 aliphatic rings. The Morgan fingerprint density at radius 3 is 2.52 bits per heavy atom. The SMILES string of the molecule is CCc1ccc2nc(-c3ccc(C)cc3C)cc(C(=O)O)c2c1. The number of pyridine rings is 1. The van der Waals surface area contributed by atoms with Crippen molar-refractivity contribution in [2.45, 2.75) is 27.2 Å². The van der Waals surface area contributed by atoms with Crippen LogP contribution in [0.4, 0.5) is 0 Å². The van der Waals surface area contributed by atoms with Crippen molar-refractivity contribution in [1.82, 2.24) is 4.98 Å². The van der Waals surface area contributed by atoms with E-state index >= 15 is 0 Å². The zero-order valence-electron chi connectivity index (χ0n) is 13.6. The third kappa shape index (κ3) is 2.82. The smallest absolute Gasteiger partial charge is 0.336 e. The number of carbonyl (C=O) groups is 1. The van der Waals surface area contributed by atoms with E-state index < -0.39 is 5.97 Å². The van der Waals surface area contributed by atoms with Gasteiger partial charge in [0.15, 0.2) is 0 Å². The van der Waals surface area contributed by atoms with Crippen LogP contribution in [-0.4, -0.2) is 16.1 Å². The third-order valence-electron chi connectivity index (χ3n) is 4.17. The predicted molar refractivity (Wildman–Crippen MR) is 93.0 cm³/mol. The molecule has 3 aromatic rings. The Hall–Kier alpha value is -2.68. The molecular weight excluding hydrogens is 286 g/mol. The van der Waals surface area contributed by atoms with Crippen molar-refractivity contribution in [3.8, 4) is 11.3 Å². The van der Waals surface area contributed by atoms with Crippen molar-refractivity contribution in [2.75, 3.05) is 0 Å². The van der Waals surface area contributed by atoms with E-state index in [4.69, 9.17) is 4.98 Å². The summed E-state index contributed by atoms with van der Waals surface area (Å²) in [5.41, 5.74) is 6.09. The molecule has 2 aromatic carbocycles. The number of carboxylic acids is 1. The summed E-state index contributed by atoms with van der Waals surface area (Å²) in [6, 6.07) is 13.6. The fourth-order valence-electron chi connectivity index (χ4n) is 2.91. The largest absolute Gasteiger partial charge is 0.478 e. The van der Waals surface area contributed by atoms with Gasteiger partial charge in [-0.15, -0.1) is 0 Å². The molecule has 3 nitrogen and oxygen atoms in total. The number of rotatable bonds is 3. The zero-order valence-corrected chi connectivity index (χ0v) is 13.6. The van der Waals surface area contributed by atoms with Gasteiger partial charge < -0.3 is 5.11 Å². The highest BCUT2D eigenvalue weighted by molar-refractivity contribution is 6.04. The van der Waals surface area contributed by atoms with Crippen LogP contribution >= 0.6 is 0 Å². The molecule has 116 valence electrons. The first kappa shape index (κ1) is 15.2. The topological polar surface area (TPSA) is 50.2 Å². The van der Waals surface area contributed by atoms with Crippen molar-refractivity contribution in [2.24, 2.45) is 0 Å². The summed E-state index contributed by atoms with van der Waals surface area (Å²) in [7, 11) is 0. The predicted octanol–water partition coefficient (Wildman–Crippen LogP) is 4.78. The number of carboxylic acid groups (broad SMARTS) is 1. The molecule has 1 N–H and O–H groups in total. The summed E-state index contributed by atoms with van der Waals surface area (Å²) in [6.45, 7) is 6.12. The van der Waals surface area contributed by atoms with E-state index in [2.05, 4.69) is 13.0 Å². The van der Waals surface area contributed by atoms with E-state index in [0.29, 0.717) is 16.6 Å². The van der Waals surface area contributed by atoms with Crippen LogP contribution in [0, 0.1) is 13.8 Å². The van der Waals surface area contributed by atoms with Gasteiger partial charge in [-0.3, -0.25) is 0 Å². The van der Waals surface area contributed by atoms with Gasteiger partial charge in [-0.2, -0.15) is 0 Å². The van der Waals surface area contributed by atoms with E-state index in [0.717, 1.165) is 28.6 Å². The normalized spacial score (nSPS) is 10.9. The minimum Gasteiger partial charge on any atom is -0.478 e. The Bertz CT molecular complexity index is 913. The lowest BCUT2D eigenvalue weighted by molar-refractivity contribution is 0.0699. The summed E-state index contributed by atoms with van der Waals surface area (Å²) in [4.78, 5) is 16.4. The van der Waals surface area contributed by atoms with Crippen molar-refractivity contribution >= 4 is 16.9 Å². The van der Waals surface area contributed by atoms with Crippen LogP contribution in [0.1, 0.15) is 34.0 Å². The summed E-state index contributed by atoms with van der Waals surface area (Å²) >= 11 is 0. The van der Waals surface area contributed by atoms with Gasteiger partial charge in [-0.05, 0) is 49.6 Å². The van der Waals surface area contributed by atoms with Gasteiger partial charge in [0.05, 0.1) is 16.8 Å². The lowest BCUT2D eigenvalue weighted by atomic mass is 9.98. The highest BCUT2D eigenvalue weighted by atomic mass is 16.4. The molecular formula is C20H19NO2. The fourth-order valence-corrected chi connectivity index (χ4v) is 2.91. The lowest BCUT2D eigenvalue weighted by Crippen LogP contribution is -2.01. The number of hydrogen-bond donors (Lipinski definition) is 1. The number of aromatic nitrogens is 1. The van der Waals surface area contributed by atoms with E-state index in [9.17, 15) is 9.90 Å². The summed E-state index contributed by atoms with van der Waals surface area (Å²) < 4.78 is 0. The molecule has 0 unspecified atom stereocenters. The Kier molecular flexibility index (Phi) is 3.87. The van der Waals surface area contributed by atoms with Crippen LogP contribution in [0.3, 0.4) is 0 Å². The average molecular weight is 305 g/mol. The van der Waals surface area contributed by atoms with Crippen molar-refractivity contribution < 1.29 is 9.90 Å². The van der Waals surface area contributed by atoms with Gasteiger partial charge in [0, 0.05) is 10.9 Å². The van der Waals surface area contributed by atoms with E-state index in [-0.39, 0.29) is 0 Å². The average Bonchev–Trinajstić information content (AvgIpc) is 2.53. The molecule has 0 fully saturated rings. The van der Waals surface area contributed by atoms with Crippen LogP contribution in [0.5, 0.6) is 0 Å². The first-order valence-electron chi connectivity index (χ1n) is 7.74. The van der Waals surface area contributed by atoms with Gasteiger partial charge >= 0.3 is 5.97 Å². The van der Waals surface area contributed by atoms with Crippen LogP contribution in [-0.2, 0) is 6.42 Å². The molecule has 0 atom stereocenters. The standard InChI is InChI=1S/C20H19NO2/c1-4-14-6-8-18-16(10-14)17(20(22)23)11-19(21-18)15-7-5-12(2)9-13(15)3/h5-11H,4H2,1-3H3,(H,22,23). The maximum absolute atomic E-state index is 11.7. The van der Waals surface area contributed by atoms with E-state index in [1.54, 1.807) is 6.07 Å². The molecule has 0 bridgehead atoms. The number of hydrogen-bond acceptors (Lipinski definition) is 2. The molecule has 0 aliphatic heterocycles. The van der Waals surface area contributed by atoms with Crippen LogP contribution in [0.25, 0.3) is 22.2 Å². The molecule has 0 amide bonds. The molecule has 23 heavy (non-hydrogen) atoms. The molecule has 0 saturated heterocycles. The number of nitrogens with zero attached hydrogens (tertiary/aromatic N) is 1. The van der Waals surface area contributed by atoms with Gasteiger partial charge in [-0.25, -0.2) is 9.78 Å². The molecule has 0 radical (unpaired) electrons. The maximum atomic E-state index is 11.7. The van der Waals surface area contributed by atoms with Crippen molar-refractivity contribution in [3.63, 3.8) is 0 Å². The number of aryl methyl sites for hydroxylation is 3. The molecule has 0 saturated carbocycles. The highest BCUT2D eigenvalue weighted by Gasteiger charge is 2.14. The quantitative estimate of drug-likeness (QED) is 0.757. The first-order valence-corrected chi connectivity index (χ1v) is 7.74. The minimum absolute atomic E-state index is 0.306. The fraction of sp³-hybridized carbons (Fsp3) is 0.200.